The summed E-state index contributed by atoms with van der Waals surface area (Å²) in [6.07, 6.45) is 6.21. The van der Waals surface area contributed by atoms with E-state index in [2.05, 4.69) is 39.0 Å². The van der Waals surface area contributed by atoms with E-state index < -0.39 is 0 Å². The van der Waals surface area contributed by atoms with Crippen molar-refractivity contribution in [1.29, 1.82) is 0 Å². The van der Waals surface area contributed by atoms with Crippen LogP contribution in [0.1, 0.15) is 49.8 Å². The number of benzene rings is 1. The Bertz CT molecular complexity index is 273. The Morgan fingerprint density at radius 2 is 1.93 bits per heavy atom. The molecule has 0 unspecified atom stereocenters. The average Bonchev–Trinajstić information content (AvgIpc) is 2.19. The number of unbranched alkanes of at least 4 members (excludes halogenated alkanes) is 1. The van der Waals surface area contributed by atoms with Crippen molar-refractivity contribution in [3.05, 3.63) is 34.9 Å². The fourth-order valence-corrected chi connectivity index (χ4v) is 1.87. The van der Waals surface area contributed by atoms with Gasteiger partial charge in [0.2, 0.25) is 0 Å². The first-order valence-corrected chi connectivity index (χ1v) is 5.78. The fraction of sp³-hybridized carbons (Fsp3) is 0.571. The van der Waals surface area contributed by atoms with Crippen molar-refractivity contribution in [2.24, 2.45) is 0 Å². The third-order valence-corrected chi connectivity index (χ3v) is 2.71. The van der Waals surface area contributed by atoms with Gasteiger partial charge < -0.3 is 0 Å². The zero-order valence-corrected chi connectivity index (χ0v) is 9.69. The quantitative estimate of drug-likeness (QED) is 0.654. The topological polar surface area (TPSA) is 0 Å². The highest BCUT2D eigenvalue weighted by molar-refractivity contribution is 5.33. The van der Waals surface area contributed by atoms with E-state index >= 15 is 0 Å². The van der Waals surface area contributed by atoms with Gasteiger partial charge in [0.1, 0.15) is 0 Å². The van der Waals surface area contributed by atoms with Gasteiger partial charge in [-0.2, -0.15) is 0 Å². The van der Waals surface area contributed by atoms with Gasteiger partial charge in [0, 0.05) is 0 Å². The first-order chi connectivity index (χ1) is 6.79. The van der Waals surface area contributed by atoms with Crippen molar-refractivity contribution in [2.45, 2.75) is 52.9 Å². The smallest absolute Gasteiger partial charge is 0.0146 e. The maximum absolute atomic E-state index is 3.40. The summed E-state index contributed by atoms with van der Waals surface area (Å²) in [7, 11) is 0. The summed E-state index contributed by atoms with van der Waals surface area (Å²) in [6, 6.07) is 7.65. The second-order valence-corrected chi connectivity index (χ2v) is 3.97. The van der Waals surface area contributed by atoms with Crippen LogP contribution < -0.4 is 0 Å². The number of hydrogen-bond donors (Lipinski definition) is 0. The SMILES string of the molecule is CCCCc1[c]ccc(C)c1CCC. The molecule has 0 atom stereocenters. The normalized spacial score (nSPS) is 10.5. The molecular formula is C14H21. The molecule has 77 valence electrons. The van der Waals surface area contributed by atoms with Gasteiger partial charge in [-0.25, -0.2) is 0 Å². The molecule has 0 N–H and O–H groups in total. The Kier molecular flexibility index (Phi) is 4.72. The van der Waals surface area contributed by atoms with Crippen LogP contribution in [0.15, 0.2) is 12.1 Å². The Hall–Kier alpha value is -0.780. The number of rotatable bonds is 5. The maximum atomic E-state index is 3.40. The summed E-state index contributed by atoms with van der Waals surface area (Å²) >= 11 is 0. The van der Waals surface area contributed by atoms with Crippen molar-refractivity contribution in [2.75, 3.05) is 0 Å². The van der Waals surface area contributed by atoms with E-state index in [0.29, 0.717) is 0 Å². The minimum absolute atomic E-state index is 1.20. The molecule has 0 aromatic heterocycles. The zero-order chi connectivity index (χ0) is 10.4. The first-order valence-electron chi connectivity index (χ1n) is 5.78. The molecule has 0 amide bonds. The Balaban J connectivity index is 2.83. The molecule has 0 spiro atoms. The van der Waals surface area contributed by atoms with E-state index in [-0.39, 0.29) is 0 Å². The van der Waals surface area contributed by atoms with Gasteiger partial charge in [0.15, 0.2) is 0 Å². The summed E-state index contributed by atoms with van der Waals surface area (Å²) < 4.78 is 0. The van der Waals surface area contributed by atoms with Crippen molar-refractivity contribution in [1.82, 2.24) is 0 Å². The summed E-state index contributed by atoms with van der Waals surface area (Å²) in [5.41, 5.74) is 4.44. The first kappa shape index (κ1) is 11.3. The van der Waals surface area contributed by atoms with Crippen LogP contribution in [0.5, 0.6) is 0 Å². The minimum Gasteiger partial charge on any atom is -0.0654 e. The third kappa shape index (κ3) is 2.87. The van der Waals surface area contributed by atoms with E-state index in [1.54, 1.807) is 5.56 Å². The summed E-state index contributed by atoms with van der Waals surface area (Å²) in [5, 5.41) is 0. The van der Waals surface area contributed by atoms with Crippen molar-refractivity contribution >= 4 is 0 Å². The van der Waals surface area contributed by atoms with Crippen molar-refractivity contribution in [3.63, 3.8) is 0 Å². The fourth-order valence-electron chi connectivity index (χ4n) is 1.87. The predicted molar refractivity (Wildman–Crippen MR) is 62.6 cm³/mol. The molecule has 0 saturated carbocycles. The van der Waals surface area contributed by atoms with Gasteiger partial charge in [-0.1, -0.05) is 38.8 Å². The van der Waals surface area contributed by atoms with E-state index in [1.165, 1.54) is 43.2 Å². The van der Waals surface area contributed by atoms with Gasteiger partial charge in [-0.05, 0) is 48.9 Å². The molecule has 1 aromatic rings. The van der Waals surface area contributed by atoms with Gasteiger partial charge in [-0.3, -0.25) is 0 Å². The summed E-state index contributed by atoms with van der Waals surface area (Å²) in [6.45, 7) is 6.71. The zero-order valence-electron chi connectivity index (χ0n) is 9.69. The molecule has 0 saturated heterocycles. The molecule has 1 rings (SSSR count). The lowest BCUT2D eigenvalue weighted by atomic mass is 9.95. The van der Waals surface area contributed by atoms with Crippen LogP contribution in [0.3, 0.4) is 0 Å². The van der Waals surface area contributed by atoms with E-state index in [1.807, 2.05) is 0 Å². The van der Waals surface area contributed by atoms with E-state index in [9.17, 15) is 0 Å². The van der Waals surface area contributed by atoms with Crippen LogP contribution in [0.4, 0.5) is 0 Å². The highest BCUT2D eigenvalue weighted by atomic mass is 14.1. The largest absolute Gasteiger partial charge is 0.0654 e. The van der Waals surface area contributed by atoms with Crippen LogP contribution in [0, 0.1) is 13.0 Å². The van der Waals surface area contributed by atoms with Gasteiger partial charge in [0.25, 0.3) is 0 Å². The Labute approximate surface area is 88.4 Å². The summed E-state index contributed by atoms with van der Waals surface area (Å²) in [4.78, 5) is 0. The van der Waals surface area contributed by atoms with Crippen LogP contribution in [0.2, 0.25) is 0 Å². The lowest BCUT2D eigenvalue weighted by molar-refractivity contribution is 0.777. The molecular weight excluding hydrogens is 168 g/mol. The third-order valence-electron chi connectivity index (χ3n) is 2.71. The van der Waals surface area contributed by atoms with Crippen LogP contribution in [-0.4, -0.2) is 0 Å². The highest BCUT2D eigenvalue weighted by Gasteiger charge is 2.03. The Morgan fingerprint density at radius 3 is 2.57 bits per heavy atom. The second-order valence-electron chi connectivity index (χ2n) is 3.97. The molecule has 1 radical (unpaired) electrons. The molecule has 0 aliphatic heterocycles. The molecule has 0 nitrogen and oxygen atoms in total. The molecule has 0 aliphatic carbocycles. The number of hydrogen-bond acceptors (Lipinski definition) is 0. The molecule has 0 aliphatic rings. The number of aryl methyl sites for hydroxylation is 2. The lowest BCUT2D eigenvalue weighted by Gasteiger charge is -2.10. The summed E-state index contributed by atoms with van der Waals surface area (Å²) in [5.74, 6) is 0. The molecule has 14 heavy (non-hydrogen) atoms. The molecule has 1 aromatic carbocycles. The molecule has 0 heteroatoms. The average molecular weight is 189 g/mol. The molecule has 0 heterocycles. The van der Waals surface area contributed by atoms with E-state index in [0.717, 1.165) is 0 Å². The van der Waals surface area contributed by atoms with Gasteiger partial charge in [-0.15, -0.1) is 0 Å². The predicted octanol–water partition coefficient (Wildman–Crippen LogP) is 4.09. The monoisotopic (exact) mass is 189 g/mol. The maximum Gasteiger partial charge on any atom is -0.0146 e. The van der Waals surface area contributed by atoms with Crippen molar-refractivity contribution < 1.29 is 0 Å². The van der Waals surface area contributed by atoms with Gasteiger partial charge >= 0.3 is 0 Å². The second kappa shape index (κ2) is 5.85. The molecule has 0 bridgehead atoms. The minimum atomic E-state index is 1.20. The van der Waals surface area contributed by atoms with Crippen molar-refractivity contribution in [3.8, 4) is 0 Å². The highest BCUT2D eigenvalue weighted by Crippen LogP contribution is 2.17. The van der Waals surface area contributed by atoms with Crippen LogP contribution in [0.25, 0.3) is 0 Å². The van der Waals surface area contributed by atoms with Gasteiger partial charge in [0.05, 0.1) is 0 Å². The lowest BCUT2D eigenvalue weighted by Crippen LogP contribution is -1.97. The molecule has 0 fully saturated rings. The Morgan fingerprint density at radius 1 is 1.14 bits per heavy atom. The standard InChI is InChI=1S/C14H21/c1-4-6-10-13-11-7-9-12(3)14(13)8-5-2/h7,9H,4-6,8,10H2,1-3H3. The van der Waals surface area contributed by atoms with Crippen LogP contribution in [-0.2, 0) is 12.8 Å². The van der Waals surface area contributed by atoms with Crippen LogP contribution >= 0.6 is 0 Å². The van der Waals surface area contributed by atoms with E-state index in [4.69, 9.17) is 0 Å².